The first kappa shape index (κ1) is 56.2. The number of esters is 1. The van der Waals surface area contributed by atoms with Crippen LogP contribution in [0.15, 0.2) is 64.8 Å². The molecule has 2 aliphatic heterocycles. The average molecular weight is 1040 g/mol. The molecule has 0 saturated carbocycles. The van der Waals surface area contributed by atoms with Crippen molar-refractivity contribution >= 4 is 69.2 Å². The highest BCUT2D eigenvalue weighted by molar-refractivity contribution is 9.10. The molecule has 382 valence electrons. The fourth-order valence-corrected chi connectivity index (χ4v) is 8.37. The molecule has 10 unspecified atom stereocenters. The third kappa shape index (κ3) is 14.6. The third-order valence-corrected chi connectivity index (χ3v) is 12.7. The van der Waals surface area contributed by atoms with Gasteiger partial charge in [0.2, 0.25) is 35.4 Å². The molecule has 2 aliphatic rings. The summed E-state index contributed by atoms with van der Waals surface area (Å²) in [6.45, 7) is 10.1. The van der Waals surface area contributed by atoms with Crippen molar-refractivity contribution in [1.29, 1.82) is 0 Å². The van der Waals surface area contributed by atoms with E-state index in [2.05, 4.69) is 47.8 Å². The van der Waals surface area contributed by atoms with Crippen LogP contribution in [0.3, 0.4) is 0 Å². The van der Waals surface area contributed by atoms with E-state index in [1.54, 1.807) is 51.1 Å². The van der Waals surface area contributed by atoms with Crippen LogP contribution in [0, 0.1) is 5.92 Å². The van der Waals surface area contributed by atoms with Crippen LogP contribution in [-0.2, 0) is 60.7 Å². The molecular weight excluding hydrogens is 976 g/mol. The van der Waals surface area contributed by atoms with Crippen LogP contribution >= 0.6 is 15.9 Å². The third-order valence-electron chi connectivity index (χ3n) is 12.0. The van der Waals surface area contributed by atoms with Gasteiger partial charge in [-0.3, -0.25) is 38.4 Å². The van der Waals surface area contributed by atoms with E-state index < -0.39 is 126 Å². The first-order valence-electron chi connectivity index (χ1n) is 23.1. The molecule has 2 aromatic carbocycles. The number of amides is 8. The topological polar surface area (TPSA) is 302 Å². The quantitative estimate of drug-likeness (QED) is 0.0967. The predicted molar refractivity (Wildman–Crippen MR) is 256 cm³/mol. The van der Waals surface area contributed by atoms with E-state index in [9.17, 15) is 53.7 Å². The zero-order valence-electron chi connectivity index (χ0n) is 40.5. The number of allylic oxidation sites excluding steroid dienone is 1. The Bertz CT molecular complexity index is 2300. The Hall–Kier alpha value is -6.39. The van der Waals surface area contributed by atoms with Crippen molar-refractivity contribution in [2.45, 2.75) is 148 Å². The Balaban J connectivity index is 1.83. The van der Waals surface area contributed by atoms with Crippen LogP contribution in [0.4, 0.5) is 0 Å². The van der Waals surface area contributed by atoms with Gasteiger partial charge in [0, 0.05) is 26.3 Å². The van der Waals surface area contributed by atoms with Gasteiger partial charge in [-0.2, -0.15) is 0 Å². The second kappa shape index (κ2) is 25.5. The van der Waals surface area contributed by atoms with Crippen molar-refractivity contribution in [2.24, 2.45) is 5.92 Å². The molecule has 22 heteroatoms. The first-order valence-corrected chi connectivity index (χ1v) is 23.9. The highest BCUT2D eigenvalue weighted by Gasteiger charge is 2.45. The average Bonchev–Trinajstić information content (AvgIpc) is 3.30. The zero-order valence-corrected chi connectivity index (χ0v) is 42.1. The number of carbonyl (C=O) groups excluding carboxylic acids is 9. The zero-order chi connectivity index (χ0) is 52.1. The van der Waals surface area contributed by atoms with Crippen LogP contribution < -0.4 is 31.9 Å². The van der Waals surface area contributed by atoms with Crippen LogP contribution in [0.1, 0.15) is 85.3 Å². The summed E-state index contributed by atoms with van der Waals surface area (Å²) in [6, 6.07) is 2.65. The van der Waals surface area contributed by atoms with Crippen LogP contribution in [-0.4, -0.2) is 146 Å². The van der Waals surface area contributed by atoms with Gasteiger partial charge in [-0.15, -0.1) is 0 Å². The van der Waals surface area contributed by atoms with E-state index in [-0.39, 0.29) is 42.3 Å². The second-order valence-electron chi connectivity index (χ2n) is 17.8. The number of aliphatic hydroxyl groups is 2. The Labute approximate surface area is 415 Å². The number of rotatable bonds is 13. The van der Waals surface area contributed by atoms with E-state index in [4.69, 9.17) is 4.74 Å². The Morgan fingerprint density at radius 3 is 2.14 bits per heavy atom. The van der Waals surface area contributed by atoms with Crippen molar-refractivity contribution in [1.82, 2.24) is 41.7 Å². The Morgan fingerprint density at radius 2 is 1.54 bits per heavy atom. The van der Waals surface area contributed by atoms with Gasteiger partial charge in [0.1, 0.15) is 66.1 Å². The Morgan fingerprint density at radius 1 is 0.886 bits per heavy atom. The molecule has 4 rings (SSSR count). The van der Waals surface area contributed by atoms with Gasteiger partial charge in [-0.25, -0.2) is 4.79 Å². The van der Waals surface area contributed by atoms with E-state index >= 15 is 4.79 Å². The van der Waals surface area contributed by atoms with Gasteiger partial charge in [0.25, 0.3) is 11.8 Å². The molecule has 2 aromatic rings. The number of aromatic hydroxyl groups is 1. The minimum atomic E-state index is -1.87. The maximum atomic E-state index is 15.0. The number of likely N-dealkylation sites (N-methyl/N-ethyl adjacent to an activating group) is 1. The van der Waals surface area contributed by atoms with Gasteiger partial charge in [-0.05, 0) is 92.1 Å². The van der Waals surface area contributed by atoms with Crippen LogP contribution in [0.2, 0.25) is 0 Å². The summed E-state index contributed by atoms with van der Waals surface area (Å²) in [7, 11) is 1.34. The number of hydrogen-bond donors (Lipinski definition) is 9. The summed E-state index contributed by atoms with van der Waals surface area (Å²) < 4.78 is 6.08. The molecule has 10 atom stereocenters. The number of cyclic esters (lactones) is 1. The Kier molecular flexibility index (Phi) is 20.4. The number of piperidine rings is 1. The molecule has 2 saturated heterocycles. The van der Waals surface area contributed by atoms with E-state index in [1.807, 2.05) is 0 Å². The van der Waals surface area contributed by atoms with Gasteiger partial charge in [-0.1, -0.05) is 63.2 Å². The standard InChI is InChI=1S/C48H65BrN8O13/c1-9-14-36(60)50-25(5)41(62)54-39(26(6)58)44(65)55-40-27(7)70-48(69)38(24(3)4)53-43(64)33(23-29-17-19-35(59)30(49)21-29)56(8)47(68)34(22-28-15-12-11-13-16-28)57-37(61)20-18-32(46(57)67)52-42(63)31(10-2)51-45(40)66/h10-13,15-17,19,21,24-27,32-34,37-40,58-59,61H,9,14,18,20,22-23H2,1-8H3,(H,50,60)(H,51,66)(H,52,63)(H,53,64)(H,54,62)(H,55,65)/b31-10+. The number of hydrogen-bond acceptors (Lipinski definition) is 13. The molecular formula is C48H65BrN8O13. The molecule has 0 aromatic heterocycles. The summed E-state index contributed by atoms with van der Waals surface area (Å²) in [5.74, 6) is -8.90. The maximum absolute atomic E-state index is 15.0. The lowest BCUT2D eigenvalue weighted by Crippen LogP contribution is -2.64. The monoisotopic (exact) mass is 1040 g/mol. The lowest BCUT2D eigenvalue weighted by Gasteiger charge is -2.43. The normalized spacial score (nSPS) is 25.0. The number of halogens is 1. The molecule has 0 spiro atoms. The largest absolute Gasteiger partial charge is 0.507 e. The van der Waals surface area contributed by atoms with Gasteiger partial charge in [0.05, 0.1) is 10.6 Å². The second-order valence-corrected chi connectivity index (χ2v) is 18.7. The molecule has 70 heavy (non-hydrogen) atoms. The van der Waals surface area contributed by atoms with E-state index in [1.165, 1.54) is 59.0 Å². The van der Waals surface area contributed by atoms with Gasteiger partial charge < -0.3 is 61.8 Å². The summed E-state index contributed by atoms with van der Waals surface area (Å²) in [6.07, 6.45) is -3.40. The highest BCUT2D eigenvalue weighted by atomic mass is 79.9. The van der Waals surface area contributed by atoms with Crippen molar-refractivity contribution in [3.8, 4) is 5.75 Å². The minimum absolute atomic E-state index is 0.0916. The number of fused-ring (bicyclic) bond motifs is 2. The maximum Gasteiger partial charge on any atom is 0.329 e. The number of phenols is 1. The van der Waals surface area contributed by atoms with E-state index in [0.29, 0.717) is 17.5 Å². The fraction of sp³-hybridized carbons (Fsp3) is 0.521. The number of nitrogens with zero attached hydrogens (tertiary/aromatic N) is 2. The van der Waals surface area contributed by atoms with Crippen LogP contribution in [0.5, 0.6) is 5.75 Å². The molecule has 2 fully saturated rings. The van der Waals surface area contributed by atoms with Crippen molar-refractivity contribution in [2.75, 3.05) is 7.05 Å². The molecule has 21 nitrogen and oxygen atoms in total. The predicted octanol–water partition coefficient (Wildman–Crippen LogP) is 0.322. The summed E-state index contributed by atoms with van der Waals surface area (Å²) >= 11 is 3.28. The van der Waals surface area contributed by atoms with Crippen LogP contribution in [0.25, 0.3) is 0 Å². The first-order chi connectivity index (χ1) is 33.0. The smallest absolute Gasteiger partial charge is 0.329 e. The molecule has 2 heterocycles. The minimum Gasteiger partial charge on any atom is -0.507 e. The summed E-state index contributed by atoms with van der Waals surface area (Å²) in [4.78, 5) is 128. The number of aliphatic hydroxyl groups excluding tert-OH is 2. The van der Waals surface area contributed by atoms with E-state index in [0.717, 1.165) is 9.80 Å². The van der Waals surface area contributed by atoms with Gasteiger partial charge >= 0.3 is 5.97 Å². The highest BCUT2D eigenvalue weighted by Crippen LogP contribution is 2.28. The molecule has 0 radical (unpaired) electrons. The fourth-order valence-electron chi connectivity index (χ4n) is 7.94. The molecule has 9 N–H and O–H groups in total. The number of phenolic OH excluding ortho intramolecular Hbond substituents is 1. The molecule has 8 amide bonds. The lowest BCUT2D eigenvalue weighted by atomic mass is 9.95. The van der Waals surface area contributed by atoms with Crippen molar-refractivity contribution in [3.63, 3.8) is 0 Å². The number of carbonyl (C=O) groups is 9. The van der Waals surface area contributed by atoms with Crippen molar-refractivity contribution < 1.29 is 63.2 Å². The molecule has 2 bridgehead atoms. The molecule has 0 aliphatic carbocycles. The number of benzene rings is 2. The lowest BCUT2D eigenvalue weighted by molar-refractivity contribution is -0.165. The number of ether oxygens (including phenoxy) is 1. The SMILES string of the molecule is C/C=C1/NC(=O)C(NC(=O)C(NC(=O)C(C)NC(=O)CCC)C(C)O)C(C)OC(=O)C(C(C)C)NC(=O)C(Cc2ccc(O)c(Br)c2)N(C)C(=O)C(Cc2ccccc2)N2C(=O)C(CCC2O)NC1=O. The summed E-state index contributed by atoms with van der Waals surface area (Å²) in [5, 5.41) is 47.4. The number of nitrogens with one attached hydrogen (secondary N) is 6. The summed E-state index contributed by atoms with van der Waals surface area (Å²) in [5.41, 5.74) is 0.631. The van der Waals surface area contributed by atoms with Gasteiger partial charge in [0.15, 0.2) is 0 Å². The van der Waals surface area contributed by atoms with Crippen molar-refractivity contribution in [3.05, 3.63) is 75.9 Å².